The Morgan fingerprint density at radius 2 is 1.13 bits per heavy atom. The predicted octanol–water partition coefficient (Wildman–Crippen LogP) is 9.16. The number of allylic oxidation sites excluding steroid dienone is 4. The summed E-state index contributed by atoms with van der Waals surface area (Å²) in [5.74, 6) is -1.75. The third-order valence-electron chi connectivity index (χ3n) is 9.82. The monoisotopic (exact) mass is 640 g/mol. The molecule has 0 amide bonds. The molecule has 4 aliphatic rings. The van der Waals surface area contributed by atoms with E-state index in [0.717, 1.165) is 10.5 Å². The van der Waals surface area contributed by atoms with E-state index in [0.29, 0.717) is 33.4 Å². The van der Waals surface area contributed by atoms with Gasteiger partial charge in [-0.15, -0.1) is 34.0 Å². The lowest BCUT2D eigenvalue weighted by molar-refractivity contribution is -0.110. The number of rotatable bonds is 2. The van der Waals surface area contributed by atoms with Crippen LogP contribution < -0.4 is 0 Å². The van der Waals surface area contributed by atoms with Gasteiger partial charge >= 0.3 is 0 Å². The van der Waals surface area contributed by atoms with Gasteiger partial charge in [0.15, 0.2) is 0 Å². The van der Waals surface area contributed by atoms with E-state index in [4.69, 9.17) is 0 Å². The Balaban J connectivity index is 1.13. The second-order valence-corrected chi connectivity index (χ2v) is 16.3. The molecule has 0 bridgehead atoms. The second kappa shape index (κ2) is 8.69. The van der Waals surface area contributed by atoms with Crippen molar-refractivity contribution in [3.63, 3.8) is 0 Å². The summed E-state index contributed by atoms with van der Waals surface area (Å²) in [5, 5.41) is 0. The SMILES string of the molecule is CC1(C)C(/C=C2\C(=O)C(=O)c3ccccc32)=Cc2sc3c(c21)C(C)(C)c1c-3sc2cc(/C=C3\C(=O)C(=O)c4ccccc43)sc12. The number of carbonyl (C=O) groups excluding carboxylic acids is 4. The Hall–Kier alpha value is -4.30. The van der Waals surface area contributed by atoms with Crippen LogP contribution in [0.2, 0.25) is 0 Å². The van der Waals surface area contributed by atoms with Crippen molar-refractivity contribution in [1.29, 1.82) is 0 Å². The minimum atomic E-state index is -0.441. The minimum absolute atomic E-state index is 0.256. The lowest BCUT2D eigenvalue weighted by Gasteiger charge is -2.29. The molecular weight excluding hydrogens is 617 g/mol. The van der Waals surface area contributed by atoms with E-state index >= 15 is 0 Å². The van der Waals surface area contributed by atoms with Crippen LogP contribution in [0.15, 0.2) is 66.2 Å². The Morgan fingerprint density at radius 3 is 1.76 bits per heavy atom. The molecule has 0 saturated carbocycles. The number of hydrogen-bond donors (Lipinski definition) is 0. The summed E-state index contributed by atoms with van der Waals surface area (Å²) >= 11 is 5.29. The molecule has 4 aliphatic carbocycles. The number of fused-ring (bicyclic) bond motifs is 9. The molecule has 7 heteroatoms. The van der Waals surface area contributed by atoms with Gasteiger partial charge in [0.25, 0.3) is 0 Å². The summed E-state index contributed by atoms with van der Waals surface area (Å²) in [6, 6.07) is 16.6. The van der Waals surface area contributed by atoms with Gasteiger partial charge < -0.3 is 0 Å². The number of ketones is 4. The summed E-state index contributed by atoms with van der Waals surface area (Å²) in [5.41, 5.74) is 7.72. The fraction of sp³-hybridized carbons (Fsp3) is 0.158. The molecule has 0 atom stereocenters. The largest absolute Gasteiger partial charge is 0.285 e. The molecule has 218 valence electrons. The third-order valence-corrected chi connectivity index (χ3v) is 13.5. The fourth-order valence-corrected chi connectivity index (χ4v) is 12.2. The summed E-state index contributed by atoms with van der Waals surface area (Å²) in [4.78, 5) is 56.0. The van der Waals surface area contributed by atoms with Crippen LogP contribution >= 0.6 is 34.0 Å². The van der Waals surface area contributed by atoms with Crippen molar-refractivity contribution in [2.24, 2.45) is 0 Å². The second-order valence-electron chi connectivity index (χ2n) is 13.1. The van der Waals surface area contributed by atoms with Crippen LogP contribution in [0, 0.1) is 0 Å². The van der Waals surface area contributed by atoms with Gasteiger partial charge in [-0.05, 0) is 57.7 Å². The van der Waals surface area contributed by atoms with E-state index in [1.165, 1.54) is 40.7 Å². The molecule has 0 N–H and O–H groups in total. The minimum Gasteiger partial charge on any atom is -0.285 e. The van der Waals surface area contributed by atoms with Crippen LogP contribution in [0.3, 0.4) is 0 Å². The van der Waals surface area contributed by atoms with E-state index < -0.39 is 23.1 Å². The maximum absolute atomic E-state index is 13.0. The average molecular weight is 641 g/mol. The van der Waals surface area contributed by atoms with E-state index in [2.05, 4.69) is 39.8 Å². The van der Waals surface area contributed by atoms with Gasteiger partial charge in [-0.3, -0.25) is 19.2 Å². The first-order valence-electron chi connectivity index (χ1n) is 14.8. The molecule has 45 heavy (non-hydrogen) atoms. The van der Waals surface area contributed by atoms with Crippen LogP contribution in [0.4, 0.5) is 0 Å². The number of carbonyl (C=O) groups is 4. The van der Waals surface area contributed by atoms with Gasteiger partial charge in [-0.25, -0.2) is 0 Å². The maximum Gasteiger partial charge on any atom is 0.234 e. The molecule has 0 saturated heterocycles. The van der Waals surface area contributed by atoms with Crippen molar-refractivity contribution < 1.29 is 19.2 Å². The molecule has 0 fully saturated rings. The number of hydrogen-bond acceptors (Lipinski definition) is 7. The Morgan fingerprint density at radius 1 is 0.578 bits per heavy atom. The van der Waals surface area contributed by atoms with Gasteiger partial charge in [0.1, 0.15) is 0 Å². The highest BCUT2D eigenvalue weighted by Crippen LogP contribution is 2.64. The van der Waals surface area contributed by atoms with E-state index in [-0.39, 0.29) is 10.8 Å². The zero-order chi connectivity index (χ0) is 31.2. The number of thiophene rings is 3. The Labute approximate surface area is 271 Å². The molecule has 4 nitrogen and oxygen atoms in total. The topological polar surface area (TPSA) is 68.3 Å². The molecule has 3 aromatic heterocycles. The van der Waals surface area contributed by atoms with Gasteiger partial charge in [0.2, 0.25) is 23.1 Å². The first kappa shape index (κ1) is 27.0. The summed E-state index contributed by atoms with van der Waals surface area (Å²) in [6.07, 6.45) is 6.02. The van der Waals surface area contributed by atoms with Gasteiger partial charge in [-0.2, -0.15) is 0 Å². The maximum atomic E-state index is 13.0. The Bertz CT molecular complexity index is 2390. The quantitative estimate of drug-likeness (QED) is 0.143. The standard InChI is InChI=1S/C38H24O4S3/c1-37(2)17(13-23-19-9-5-7-11-21(19)30(39)32(23)41)14-25-27(37)28-35(44-25)36-29(38(28,3)4)34-26(45-36)16-18(43-34)15-24-20-10-6-8-12-22(20)31(40)33(24)42/h5-16H,1-4H3/b23-13-,24-15-. The molecule has 0 unspecified atom stereocenters. The summed E-state index contributed by atoms with van der Waals surface area (Å²) in [6.45, 7) is 9.03. The molecule has 5 aromatic rings. The summed E-state index contributed by atoms with van der Waals surface area (Å²) < 4.78 is 2.42. The predicted molar refractivity (Wildman–Crippen MR) is 184 cm³/mol. The van der Waals surface area contributed by atoms with Crippen molar-refractivity contribution in [2.75, 3.05) is 0 Å². The van der Waals surface area contributed by atoms with Crippen LogP contribution in [0.1, 0.15) is 86.0 Å². The lowest BCUT2D eigenvalue weighted by Crippen LogP contribution is -2.24. The number of Topliss-reactive ketones (excluding diaryl/α,β-unsaturated/α-hetero) is 4. The number of benzene rings is 2. The van der Waals surface area contributed by atoms with Crippen LogP contribution in [-0.2, 0) is 20.4 Å². The zero-order valence-electron chi connectivity index (χ0n) is 24.8. The molecule has 0 aliphatic heterocycles. The van der Waals surface area contributed by atoms with Crippen molar-refractivity contribution in [3.8, 4) is 9.75 Å². The van der Waals surface area contributed by atoms with Crippen molar-refractivity contribution in [3.05, 3.63) is 115 Å². The van der Waals surface area contributed by atoms with Crippen molar-refractivity contribution in [2.45, 2.75) is 38.5 Å². The van der Waals surface area contributed by atoms with Crippen molar-refractivity contribution in [1.82, 2.24) is 0 Å². The van der Waals surface area contributed by atoms with Crippen LogP contribution in [0.5, 0.6) is 0 Å². The lowest BCUT2D eigenvalue weighted by atomic mass is 9.73. The van der Waals surface area contributed by atoms with Crippen LogP contribution in [0.25, 0.3) is 42.5 Å². The molecule has 3 heterocycles. The van der Waals surface area contributed by atoms with E-state index in [9.17, 15) is 19.2 Å². The normalized spacial score (nSPS) is 20.3. The highest BCUT2D eigenvalue weighted by molar-refractivity contribution is 7.32. The molecule has 0 spiro atoms. The molecule has 2 aromatic carbocycles. The smallest absolute Gasteiger partial charge is 0.234 e. The van der Waals surface area contributed by atoms with E-state index in [1.54, 1.807) is 46.9 Å². The average Bonchev–Trinajstić information content (AvgIpc) is 3.83. The highest BCUT2D eigenvalue weighted by atomic mass is 32.1. The van der Waals surface area contributed by atoms with Gasteiger partial charge in [-0.1, -0.05) is 76.2 Å². The first-order chi connectivity index (χ1) is 21.5. The van der Waals surface area contributed by atoms with Gasteiger partial charge in [0, 0.05) is 52.4 Å². The van der Waals surface area contributed by atoms with Crippen molar-refractivity contribution >= 4 is 89.8 Å². The van der Waals surface area contributed by atoms with Gasteiger partial charge in [0.05, 0.1) is 9.58 Å². The van der Waals surface area contributed by atoms with E-state index in [1.807, 2.05) is 47.8 Å². The molecule has 0 radical (unpaired) electrons. The summed E-state index contributed by atoms with van der Waals surface area (Å²) in [7, 11) is 0. The Kier molecular flexibility index (Phi) is 5.23. The zero-order valence-corrected chi connectivity index (χ0v) is 27.2. The molecule has 9 rings (SSSR count). The highest BCUT2D eigenvalue weighted by Gasteiger charge is 2.49. The fourth-order valence-electron chi connectivity index (χ4n) is 7.60. The first-order valence-corrected chi connectivity index (χ1v) is 17.2. The third kappa shape index (κ3) is 3.35. The molecular formula is C38H24O4S3. The van der Waals surface area contributed by atoms with Crippen LogP contribution in [-0.4, -0.2) is 23.1 Å².